The number of halogens is 3. The highest BCUT2D eigenvalue weighted by Gasteiger charge is 2.70. The van der Waals surface area contributed by atoms with E-state index in [0.29, 0.717) is 12.8 Å². The molecule has 0 aromatic carbocycles. The fraction of sp³-hybridized carbons (Fsp3) is 0.789. The average Bonchev–Trinajstić information content (AvgIpc) is 2.83. The maximum absolute atomic E-state index is 13.8. The molecule has 1 spiro atoms. The normalized spacial score (nSPS) is 43.7. The van der Waals surface area contributed by atoms with Crippen LogP contribution >= 0.6 is 0 Å². The van der Waals surface area contributed by atoms with Gasteiger partial charge in [0.1, 0.15) is 0 Å². The van der Waals surface area contributed by atoms with Crippen LogP contribution < -0.4 is 0 Å². The maximum Gasteiger partial charge on any atom is 0.449 e. The molecule has 4 fully saturated rings. The van der Waals surface area contributed by atoms with E-state index >= 15 is 0 Å². The lowest BCUT2D eigenvalue weighted by molar-refractivity contribution is -0.557. The number of rotatable bonds is 4. The van der Waals surface area contributed by atoms with Gasteiger partial charge >= 0.3 is 6.18 Å². The molecule has 152 valence electrons. The zero-order valence-electron chi connectivity index (χ0n) is 15.5. The van der Waals surface area contributed by atoms with Crippen molar-refractivity contribution in [1.82, 2.24) is 0 Å². The second-order valence-corrected chi connectivity index (χ2v) is 8.13. The molecule has 27 heavy (non-hydrogen) atoms. The Bertz CT molecular complexity index is 648. The molecule has 0 radical (unpaired) electrons. The lowest BCUT2D eigenvalue weighted by Gasteiger charge is -2.57. The zero-order chi connectivity index (χ0) is 19.4. The smallest absolute Gasteiger partial charge is 0.449 e. The van der Waals surface area contributed by atoms with Gasteiger partial charge in [-0.2, -0.15) is 13.2 Å². The van der Waals surface area contributed by atoms with Gasteiger partial charge in [0.2, 0.25) is 17.8 Å². The Kier molecular flexibility index (Phi) is 4.61. The van der Waals surface area contributed by atoms with Crippen LogP contribution in [0, 0.1) is 17.8 Å². The van der Waals surface area contributed by atoms with Crippen LogP contribution in [0.2, 0.25) is 0 Å². The lowest BCUT2D eigenvalue weighted by Crippen LogP contribution is -2.67. The molecule has 4 heterocycles. The van der Waals surface area contributed by atoms with E-state index in [1.807, 2.05) is 0 Å². The summed E-state index contributed by atoms with van der Waals surface area (Å²) in [4.78, 5) is 11.5. The lowest BCUT2D eigenvalue weighted by atomic mass is 9.59. The van der Waals surface area contributed by atoms with E-state index < -0.39 is 35.5 Å². The summed E-state index contributed by atoms with van der Waals surface area (Å²) in [6, 6.07) is 0. The van der Waals surface area contributed by atoms with Crippen molar-refractivity contribution in [2.45, 2.75) is 63.4 Å². The van der Waals surface area contributed by atoms with E-state index in [0.717, 1.165) is 12.8 Å². The molecule has 0 aromatic rings. The van der Waals surface area contributed by atoms with Crippen molar-refractivity contribution < 1.29 is 37.2 Å². The van der Waals surface area contributed by atoms with Gasteiger partial charge in [-0.15, -0.1) is 6.58 Å². The third kappa shape index (κ3) is 2.92. The summed E-state index contributed by atoms with van der Waals surface area (Å²) in [5.74, 6) is -2.41. The molecule has 1 saturated carbocycles. The minimum absolute atomic E-state index is 0.0187. The molecule has 0 amide bonds. The molecule has 3 saturated heterocycles. The largest absolute Gasteiger partial charge is 0.456 e. The maximum atomic E-state index is 13.8. The molecule has 4 aliphatic heterocycles. The number of hydrogen-bond donors (Lipinski definition) is 0. The van der Waals surface area contributed by atoms with Crippen molar-refractivity contribution in [1.29, 1.82) is 0 Å². The van der Waals surface area contributed by atoms with Gasteiger partial charge in [0, 0.05) is 23.8 Å². The Balaban J connectivity index is 1.82. The fourth-order valence-corrected chi connectivity index (χ4v) is 5.16. The topological polar surface area (TPSA) is 46.2 Å². The van der Waals surface area contributed by atoms with Crippen LogP contribution in [0.5, 0.6) is 0 Å². The van der Waals surface area contributed by atoms with E-state index in [-0.39, 0.29) is 30.6 Å². The van der Waals surface area contributed by atoms with Crippen LogP contribution in [0.4, 0.5) is 13.2 Å². The summed E-state index contributed by atoms with van der Waals surface area (Å²) in [7, 11) is 0. The number of allylic oxidation sites excluding steroid dienone is 1. The first-order valence-electron chi connectivity index (χ1n) is 9.41. The molecule has 0 aromatic heterocycles. The van der Waals surface area contributed by atoms with Crippen molar-refractivity contribution in [2.24, 2.45) is 17.8 Å². The predicted octanol–water partition coefficient (Wildman–Crippen LogP) is 4.25. The van der Waals surface area contributed by atoms with Crippen molar-refractivity contribution in [3.8, 4) is 0 Å². The number of fused-ring (bicyclic) bond motifs is 2. The molecule has 5 aliphatic rings. The molecule has 1 aliphatic carbocycles. The van der Waals surface area contributed by atoms with E-state index in [1.54, 1.807) is 6.92 Å². The van der Waals surface area contributed by atoms with E-state index in [1.165, 1.54) is 6.08 Å². The molecule has 8 heteroatoms. The second-order valence-electron chi connectivity index (χ2n) is 8.13. The van der Waals surface area contributed by atoms with Crippen LogP contribution in [-0.4, -0.2) is 37.1 Å². The molecular formula is C19H25F3O5. The first kappa shape index (κ1) is 19.2. The minimum Gasteiger partial charge on any atom is -0.456 e. The Hall–Kier alpha value is -1.09. The SMILES string of the molecule is C=CCOCC1=C(C(F)(F)F)O[C@@H]2O[C@]3(C)CCC4[C@H](C)CC[C@@H]1[C@]42OO3. The van der Waals surface area contributed by atoms with Gasteiger partial charge in [-0.1, -0.05) is 13.0 Å². The highest BCUT2D eigenvalue weighted by Crippen LogP contribution is 2.61. The summed E-state index contributed by atoms with van der Waals surface area (Å²) >= 11 is 0. The van der Waals surface area contributed by atoms with Crippen LogP contribution in [-0.2, 0) is 24.0 Å². The molecular weight excluding hydrogens is 365 g/mol. The van der Waals surface area contributed by atoms with Crippen LogP contribution in [0.3, 0.4) is 0 Å². The van der Waals surface area contributed by atoms with Crippen molar-refractivity contribution in [2.75, 3.05) is 13.2 Å². The third-order valence-electron chi connectivity index (χ3n) is 6.41. The van der Waals surface area contributed by atoms with Crippen LogP contribution in [0.1, 0.15) is 39.5 Å². The standard InChI is InChI=1S/C19H25F3O5/c1-4-9-23-10-12-14-6-5-11(2)13-7-8-17(3)25-16(18(13,14)27-26-17)24-15(12)19(20,21)22/h4,11,13-14,16H,1,5-10H2,2-3H3/t11-,13?,14+,16-,17+,18-/m1/s1. The Labute approximate surface area is 156 Å². The van der Waals surface area contributed by atoms with Gasteiger partial charge in [-0.3, -0.25) is 0 Å². The van der Waals surface area contributed by atoms with E-state index in [2.05, 4.69) is 13.5 Å². The van der Waals surface area contributed by atoms with Gasteiger partial charge in [0.15, 0.2) is 5.60 Å². The van der Waals surface area contributed by atoms with Crippen molar-refractivity contribution in [3.05, 3.63) is 24.0 Å². The summed E-state index contributed by atoms with van der Waals surface area (Å²) in [5.41, 5.74) is -1.01. The number of hydrogen-bond acceptors (Lipinski definition) is 5. The fourth-order valence-electron chi connectivity index (χ4n) is 5.16. The number of ether oxygens (including phenoxy) is 3. The molecule has 1 unspecified atom stereocenters. The van der Waals surface area contributed by atoms with E-state index in [4.69, 9.17) is 24.0 Å². The highest BCUT2D eigenvalue weighted by molar-refractivity contribution is 5.28. The van der Waals surface area contributed by atoms with Crippen molar-refractivity contribution >= 4 is 0 Å². The molecule has 5 nitrogen and oxygen atoms in total. The van der Waals surface area contributed by atoms with Gasteiger partial charge < -0.3 is 14.2 Å². The van der Waals surface area contributed by atoms with E-state index in [9.17, 15) is 13.2 Å². The second kappa shape index (κ2) is 6.47. The first-order valence-corrected chi connectivity index (χ1v) is 9.41. The summed E-state index contributed by atoms with van der Waals surface area (Å²) in [5, 5.41) is 0. The van der Waals surface area contributed by atoms with Crippen LogP contribution in [0.15, 0.2) is 24.0 Å². The average molecular weight is 390 g/mol. The monoisotopic (exact) mass is 390 g/mol. The molecule has 6 atom stereocenters. The Morgan fingerprint density at radius 2 is 2.04 bits per heavy atom. The highest BCUT2D eigenvalue weighted by atomic mass is 19.4. The van der Waals surface area contributed by atoms with Crippen molar-refractivity contribution in [3.63, 3.8) is 0 Å². The Morgan fingerprint density at radius 1 is 1.26 bits per heavy atom. The third-order valence-corrected chi connectivity index (χ3v) is 6.41. The van der Waals surface area contributed by atoms with Gasteiger partial charge in [-0.25, -0.2) is 9.78 Å². The molecule has 0 N–H and O–H groups in total. The van der Waals surface area contributed by atoms with Gasteiger partial charge in [-0.05, 0) is 32.1 Å². The summed E-state index contributed by atoms with van der Waals surface area (Å²) in [6.07, 6.45) is -1.66. The summed E-state index contributed by atoms with van der Waals surface area (Å²) in [6.45, 7) is 7.30. The molecule has 2 bridgehead atoms. The predicted molar refractivity (Wildman–Crippen MR) is 88.0 cm³/mol. The Morgan fingerprint density at radius 3 is 2.74 bits per heavy atom. The summed E-state index contributed by atoms with van der Waals surface area (Å²) < 4.78 is 58.2. The minimum atomic E-state index is -4.64. The molecule has 5 rings (SSSR count). The first-order chi connectivity index (χ1) is 12.7. The van der Waals surface area contributed by atoms with Crippen LogP contribution in [0.25, 0.3) is 0 Å². The van der Waals surface area contributed by atoms with Gasteiger partial charge in [0.05, 0.1) is 13.2 Å². The zero-order valence-corrected chi connectivity index (χ0v) is 15.5. The van der Waals surface area contributed by atoms with Gasteiger partial charge in [0.25, 0.3) is 0 Å². The number of alkyl halides is 3. The quantitative estimate of drug-likeness (QED) is 0.408.